The van der Waals surface area contributed by atoms with Crippen LogP contribution in [0.3, 0.4) is 0 Å². The molecule has 0 radical (unpaired) electrons. The third kappa shape index (κ3) is 9.75. The maximum absolute atomic E-state index is 13.4. The number of methoxy groups -OCH3 is 1. The Balaban J connectivity index is 0.879. The smallest absolute Gasteiger partial charge is 0.249 e. The first kappa shape index (κ1) is 39.8. The standard InChI is InChI=1S/C42H50ClN9O5/c1-42(2,56)31-6-4-5-7-33(31)46-39-32(43)25-44-41(49-39)47-34-13-12-30(24-36(34)57-3)51-20-22-52(23-21-51)38(54)26-50-18-16-28(17-19-50)27-8-10-29(11-9-27)45-35-14-15-37(53)48-40(35)55/h4-13,24-25,28,35,45,56H,14-23,26H2,1-3H3,(H,48,53,55)(H2,44,46,47,49). The van der Waals surface area contributed by atoms with Crippen molar-refractivity contribution in [3.8, 4) is 5.75 Å². The molecular formula is C42H50ClN9O5. The molecule has 1 aromatic heterocycles. The van der Waals surface area contributed by atoms with Crippen molar-refractivity contribution in [2.24, 2.45) is 0 Å². The fourth-order valence-electron chi connectivity index (χ4n) is 7.68. The van der Waals surface area contributed by atoms with Crippen molar-refractivity contribution in [1.82, 2.24) is 25.1 Å². The first-order valence-corrected chi connectivity index (χ1v) is 19.8. The fourth-order valence-corrected chi connectivity index (χ4v) is 7.82. The number of carbonyl (C=O) groups is 3. The van der Waals surface area contributed by atoms with Crippen LogP contribution in [0.15, 0.2) is 72.9 Å². The van der Waals surface area contributed by atoms with Crippen LogP contribution in [-0.4, -0.2) is 102 Å². The quantitative estimate of drug-likeness (QED) is 0.113. The molecule has 14 nitrogen and oxygen atoms in total. The van der Waals surface area contributed by atoms with Gasteiger partial charge in [0.05, 0.1) is 31.1 Å². The largest absolute Gasteiger partial charge is 0.494 e. The summed E-state index contributed by atoms with van der Waals surface area (Å²) in [7, 11) is 1.62. The van der Waals surface area contributed by atoms with Crippen LogP contribution < -0.4 is 30.9 Å². The fraction of sp³-hybridized carbons (Fsp3) is 0.405. The van der Waals surface area contributed by atoms with Crippen LogP contribution in [0.2, 0.25) is 5.02 Å². The molecule has 4 heterocycles. The zero-order valence-corrected chi connectivity index (χ0v) is 33.3. The number of amides is 3. The van der Waals surface area contributed by atoms with Crippen LogP contribution >= 0.6 is 11.6 Å². The van der Waals surface area contributed by atoms with Gasteiger partial charge in [-0.05, 0) is 88.0 Å². The van der Waals surface area contributed by atoms with Gasteiger partial charge in [0.1, 0.15) is 16.8 Å². The van der Waals surface area contributed by atoms with Gasteiger partial charge >= 0.3 is 0 Å². The molecule has 0 bridgehead atoms. The summed E-state index contributed by atoms with van der Waals surface area (Å²) in [4.78, 5) is 52.4. The molecule has 3 aliphatic heterocycles. The second kappa shape index (κ2) is 17.4. The van der Waals surface area contributed by atoms with Crippen LogP contribution in [0.4, 0.5) is 34.5 Å². The number of piperidine rings is 2. The molecule has 3 fully saturated rings. The number of para-hydroxylation sites is 1. The molecule has 300 valence electrons. The molecule has 3 saturated heterocycles. The first-order chi connectivity index (χ1) is 27.4. The van der Waals surface area contributed by atoms with Crippen molar-refractivity contribution >= 4 is 63.8 Å². The number of nitrogens with one attached hydrogen (secondary N) is 4. The lowest BCUT2D eigenvalue weighted by atomic mass is 9.89. The molecule has 4 aromatic rings. The predicted octanol–water partition coefficient (Wildman–Crippen LogP) is 5.60. The van der Waals surface area contributed by atoms with E-state index in [1.165, 1.54) is 11.8 Å². The number of aliphatic hydroxyl groups is 1. The lowest BCUT2D eigenvalue weighted by molar-refractivity contribution is -0.134. The Kier molecular flexibility index (Phi) is 12.1. The van der Waals surface area contributed by atoms with Gasteiger partial charge in [-0.3, -0.25) is 24.6 Å². The molecule has 3 amide bonds. The molecule has 7 rings (SSSR count). The Morgan fingerprint density at radius 3 is 2.39 bits per heavy atom. The van der Waals surface area contributed by atoms with Gasteiger partial charge in [0, 0.05) is 61.3 Å². The van der Waals surface area contributed by atoms with Gasteiger partial charge in [0.25, 0.3) is 0 Å². The highest BCUT2D eigenvalue weighted by molar-refractivity contribution is 6.33. The van der Waals surface area contributed by atoms with Gasteiger partial charge < -0.3 is 35.6 Å². The summed E-state index contributed by atoms with van der Waals surface area (Å²) < 4.78 is 5.76. The first-order valence-electron chi connectivity index (χ1n) is 19.5. The normalized spacial score (nSPS) is 18.2. The van der Waals surface area contributed by atoms with Gasteiger partial charge in [-0.2, -0.15) is 4.98 Å². The van der Waals surface area contributed by atoms with Gasteiger partial charge in [0.15, 0.2) is 5.82 Å². The van der Waals surface area contributed by atoms with Crippen molar-refractivity contribution in [2.45, 2.75) is 57.1 Å². The predicted molar refractivity (Wildman–Crippen MR) is 222 cm³/mol. The van der Waals surface area contributed by atoms with Crippen LogP contribution in [0, 0.1) is 0 Å². The van der Waals surface area contributed by atoms with E-state index in [9.17, 15) is 19.5 Å². The summed E-state index contributed by atoms with van der Waals surface area (Å²) in [5, 5.41) is 23.1. The molecule has 0 spiro atoms. The highest BCUT2D eigenvalue weighted by Gasteiger charge is 2.28. The topological polar surface area (TPSA) is 164 Å². The van der Waals surface area contributed by atoms with Gasteiger partial charge in [-0.25, -0.2) is 4.98 Å². The van der Waals surface area contributed by atoms with E-state index in [-0.39, 0.29) is 17.7 Å². The molecule has 5 N–H and O–H groups in total. The number of rotatable bonds is 12. The Morgan fingerprint density at radius 1 is 0.947 bits per heavy atom. The van der Waals surface area contributed by atoms with E-state index >= 15 is 0 Å². The lowest BCUT2D eigenvalue weighted by Gasteiger charge is -2.38. The van der Waals surface area contributed by atoms with E-state index in [2.05, 4.69) is 53.2 Å². The summed E-state index contributed by atoms with van der Waals surface area (Å²) in [5.41, 5.74) is 4.12. The number of hydrogen-bond donors (Lipinski definition) is 5. The van der Waals surface area contributed by atoms with Gasteiger partial charge in [0.2, 0.25) is 23.7 Å². The SMILES string of the molecule is COc1cc(N2CCN(C(=O)CN3CCC(c4ccc(NC5CCC(=O)NC5=O)cc4)CC3)CC2)ccc1Nc1ncc(Cl)c(Nc2ccccc2C(C)(C)O)n1. The number of imide groups is 1. The monoisotopic (exact) mass is 795 g/mol. The molecule has 3 aromatic carbocycles. The third-order valence-electron chi connectivity index (χ3n) is 10.9. The van der Waals surface area contributed by atoms with Crippen molar-refractivity contribution in [1.29, 1.82) is 0 Å². The third-order valence-corrected chi connectivity index (χ3v) is 11.2. The number of piperazine rings is 1. The summed E-state index contributed by atoms with van der Waals surface area (Å²) in [6, 6.07) is 21.2. The van der Waals surface area contributed by atoms with Gasteiger partial charge in [-0.15, -0.1) is 0 Å². The van der Waals surface area contributed by atoms with Crippen molar-refractivity contribution in [3.05, 3.63) is 89.1 Å². The average Bonchev–Trinajstić information content (AvgIpc) is 3.21. The number of halogens is 1. The summed E-state index contributed by atoms with van der Waals surface area (Å²) in [6.45, 7) is 8.29. The van der Waals surface area contributed by atoms with Crippen molar-refractivity contribution in [3.63, 3.8) is 0 Å². The number of hydrogen-bond acceptors (Lipinski definition) is 12. The number of aromatic nitrogens is 2. The molecule has 1 atom stereocenters. The minimum absolute atomic E-state index is 0.162. The molecule has 0 saturated carbocycles. The van der Waals surface area contributed by atoms with E-state index < -0.39 is 11.6 Å². The molecule has 57 heavy (non-hydrogen) atoms. The van der Waals surface area contributed by atoms with Crippen molar-refractivity contribution in [2.75, 3.05) is 73.8 Å². The Bertz CT molecular complexity index is 2080. The summed E-state index contributed by atoms with van der Waals surface area (Å²) in [6.07, 6.45) is 4.31. The number of nitrogens with zero attached hydrogens (tertiary/aromatic N) is 5. The lowest BCUT2D eigenvalue weighted by Crippen LogP contribution is -2.51. The zero-order chi connectivity index (χ0) is 40.1. The number of benzene rings is 3. The molecular weight excluding hydrogens is 746 g/mol. The van der Waals surface area contributed by atoms with E-state index in [0.717, 1.165) is 37.3 Å². The summed E-state index contributed by atoms with van der Waals surface area (Å²) in [5.74, 6) is 1.42. The maximum atomic E-state index is 13.4. The van der Waals surface area contributed by atoms with Crippen LogP contribution in [-0.2, 0) is 20.0 Å². The van der Waals surface area contributed by atoms with E-state index in [4.69, 9.17) is 16.3 Å². The van der Waals surface area contributed by atoms with E-state index in [0.29, 0.717) is 91.0 Å². The van der Waals surface area contributed by atoms with Crippen molar-refractivity contribution < 1.29 is 24.2 Å². The number of carbonyl (C=O) groups excluding carboxylic acids is 3. The summed E-state index contributed by atoms with van der Waals surface area (Å²) >= 11 is 6.47. The second-order valence-corrected chi connectivity index (χ2v) is 15.7. The van der Waals surface area contributed by atoms with E-state index in [1.807, 2.05) is 59.5 Å². The van der Waals surface area contributed by atoms with Gasteiger partial charge in [-0.1, -0.05) is 41.9 Å². The Hall–Kier alpha value is -5.44. The highest BCUT2D eigenvalue weighted by atomic mass is 35.5. The number of ether oxygens (including phenoxy) is 1. The highest BCUT2D eigenvalue weighted by Crippen LogP contribution is 2.35. The van der Waals surface area contributed by atoms with Crippen LogP contribution in [0.5, 0.6) is 5.75 Å². The van der Waals surface area contributed by atoms with Crippen LogP contribution in [0.25, 0.3) is 0 Å². The maximum Gasteiger partial charge on any atom is 0.249 e. The second-order valence-electron chi connectivity index (χ2n) is 15.3. The molecule has 1 unspecified atom stereocenters. The van der Waals surface area contributed by atoms with Crippen LogP contribution in [0.1, 0.15) is 56.6 Å². The zero-order valence-electron chi connectivity index (χ0n) is 32.6. The number of likely N-dealkylation sites (tertiary alicyclic amines) is 1. The van der Waals surface area contributed by atoms with E-state index in [1.54, 1.807) is 21.0 Å². The molecule has 0 aliphatic carbocycles. The molecule has 3 aliphatic rings. The molecule has 15 heteroatoms. The minimum atomic E-state index is -1.07. The average molecular weight is 796 g/mol. The number of anilines is 6. The Morgan fingerprint density at radius 2 is 1.68 bits per heavy atom. The Labute approximate surface area is 337 Å². The minimum Gasteiger partial charge on any atom is -0.494 e.